The lowest BCUT2D eigenvalue weighted by molar-refractivity contribution is -0.229. The summed E-state index contributed by atoms with van der Waals surface area (Å²) in [4.78, 5) is 12.9. The summed E-state index contributed by atoms with van der Waals surface area (Å²) in [6.07, 6.45) is -8.98. The Balaban J connectivity index is 1.60. The zero-order valence-electron chi connectivity index (χ0n) is 16.3. The molecule has 4 rings (SSSR count). The molecule has 1 aromatic carbocycles. The molecule has 0 saturated carbocycles. The van der Waals surface area contributed by atoms with E-state index in [1.54, 1.807) is 27.7 Å². The molecule has 10 heteroatoms. The van der Waals surface area contributed by atoms with Crippen molar-refractivity contribution < 1.29 is 41.7 Å². The normalized spacial score (nSPS) is 35.1. The Morgan fingerprint density at radius 3 is 2.21 bits per heavy atom. The summed E-state index contributed by atoms with van der Waals surface area (Å²) < 4.78 is 68.8. The van der Waals surface area contributed by atoms with Crippen molar-refractivity contribution >= 4 is 11.6 Å². The molecule has 0 bridgehead atoms. The van der Waals surface area contributed by atoms with Crippen LogP contribution < -0.4 is 5.32 Å². The van der Waals surface area contributed by atoms with Crippen LogP contribution in [-0.4, -0.2) is 48.2 Å². The quantitative estimate of drug-likeness (QED) is 0.797. The number of rotatable bonds is 2. The number of nitrogens with one attached hydrogen (secondary N) is 1. The molecule has 0 radical (unpaired) electrons. The Labute approximate surface area is 165 Å². The lowest BCUT2D eigenvalue weighted by Crippen LogP contribution is -2.58. The van der Waals surface area contributed by atoms with Gasteiger partial charge in [-0.1, -0.05) is 12.1 Å². The Bertz CT molecular complexity index is 811. The van der Waals surface area contributed by atoms with E-state index in [2.05, 4.69) is 5.32 Å². The maximum Gasteiger partial charge on any atom is 0.418 e. The molecule has 3 fully saturated rings. The van der Waals surface area contributed by atoms with Crippen LogP contribution in [-0.2, 0) is 34.7 Å². The molecule has 29 heavy (non-hydrogen) atoms. The van der Waals surface area contributed by atoms with E-state index in [4.69, 9.17) is 23.7 Å². The Kier molecular flexibility index (Phi) is 4.71. The minimum Gasteiger partial charge on any atom is -0.342 e. The van der Waals surface area contributed by atoms with Crippen molar-refractivity contribution in [2.24, 2.45) is 0 Å². The number of amides is 1. The fraction of sp³-hybridized carbons (Fsp3) is 0.632. The summed E-state index contributed by atoms with van der Waals surface area (Å²) in [5, 5.41) is 2.31. The smallest absolute Gasteiger partial charge is 0.342 e. The molecule has 7 nitrogen and oxygen atoms in total. The van der Waals surface area contributed by atoms with Gasteiger partial charge < -0.3 is 29.0 Å². The highest BCUT2D eigenvalue weighted by molar-refractivity contribution is 5.95. The second-order valence-electron chi connectivity index (χ2n) is 8.12. The number of alkyl halides is 3. The molecular weight excluding hydrogens is 395 g/mol. The third-order valence-corrected chi connectivity index (χ3v) is 4.90. The van der Waals surface area contributed by atoms with Crippen LogP contribution in [0.4, 0.5) is 18.9 Å². The van der Waals surface area contributed by atoms with Gasteiger partial charge in [0, 0.05) is 0 Å². The zero-order chi connectivity index (χ0) is 21.2. The fourth-order valence-corrected chi connectivity index (χ4v) is 3.87. The van der Waals surface area contributed by atoms with E-state index in [0.29, 0.717) is 0 Å². The van der Waals surface area contributed by atoms with Crippen molar-refractivity contribution in [2.45, 2.75) is 76.2 Å². The topological polar surface area (TPSA) is 75.3 Å². The minimum absolute atomic E-state index is 0.366. The summed E-state index contributed by atoms with van der Waals surface area (Å²) in [6, 6.07) is 4.72. The third kappa shape index (κ3) is 3.87. The lowest BCUT2D eigenvalue weighted by Gasteiger charge is -2.36. The van der Waals surface area contributed by atoms with Crippen LogP contribution in [0.5, 0.6) is 0 Å². The second kappa shape index (κ2) is 6.64. The Morgan fingerprint density at radius 1 is 0.931 bits per heavy atom. The molecule has 0 unspecified atom stereocenters. The van der Waals surface area contributed by atoms with Crippen LogP contribution in [0.1, 0.15) is 33.3 Å². The van der Waals surface area contributed by atoms with E-state index >= 15 is 0 Å². The van der Waals surface area contributed by atoms with Crippen molar-refractivity contribution in [3.05, 3.63) is 29.8 Å². The molecule has 0 spiro atoms. The first-order chi connectivity index (χ1) is 13.4. The zero-order valence-corrected chi connectivity index (χ0v) is 16.3. The van der Waals surface area contributed by atoms with Gasteiger partial charge >= 0.3 is 6.18 Å². The van der Waals surface area contributed by atoms with Gasteiger partial charge in [0.2, 0.25) is 0 Å². The van der Waals surface area contributed by atoms with Crippen molar-refractivity contribution in [1.82, 2.24) is 0 Å². The first kappa shape index (κ1) is 20.5. The van der Waals surface area contributed by atoms with Gasteiger partial charge in [0.15, 0.2) is 24.0 Å². The van der Waals surface area contributed by atoms with Crippen LogP contribution in [0.15, 0.2) is 24.3 Å². The summed E-state index contributed by atoms with van der Waals surface area (Å²) in [5.41, 5.74) is -1.32. The highest BCUT2D eigenvalue weighted by Crippen LogP contribution is 2.44. The van der Waals surface area contributed by atoms with Gasteiger partial charge in [0.1, 0.15) is 18.3 Å². The SMILES string of the molecule is CC1(C)O[C@@H]2O[C@@H](C(=O)Nc3ccccc3C(F)(F)F)[C@H]3OC(C)(C)O[C@@H]3[C@H]2O1. The maximum absolute atomic E-state index is 13.3. The predicted molar refractivity (Wildman–Crippen MR) is 92.6 cm³/mol. The van der Waals surface area contributed by atoms with Crippen LogP contribution in [0.3, 0.4) is 0 Å². The van der Waals surface area contributed by atoms with Crippen LogP contribution >= 0.6 is 0 Å². The second-order valence-corrected chi connectivity index (χ2v) is 8.12. The van der Waals surface area contributed by atoms with Crippen molar-refractivity contribution in [1.29, 1.82) is 0 Å². The number of ether oxygens (including phenoxy) is 5. The molecule has 160 valence electrons. The standard InChI is InChI=1S/C19H22F3NO6/c1-17(2)26-11-12(27-17)14-16(29-18(3,4)28-14)25-13(11)15(24)23-10-8-6-5-7-9(10)19(20,21)22/h5-8,11-14,16H,1-4H3,(H,23,24)/t11-,12-,13+,14+,16-/m0/s1. The van der Waals surface area contributed by atoms with E-state index in [1.807, 2.05) is 0 Å². The summed E-state index contributed by atoms with van der Waals surface area (Å²) in [5.74, 6) is -2.78. The summed E-state index contributed by atoms with van der Waals surface area (Å²) in [7, 11) is 0. The molecule has 1 aromatic rings. The molecule has 3 aliphatic heterocycles. The molecule has 0 aliphatic carbocycles. The Hall–Kier alpha value is -1.72. The number of carbonyl (C=O) groups is 1. The molecule has 0 aromatic heterocycles. The summed E-state index contributed by atoms with van der Waals surface area (Å²) in [6.45, 7) is 6.74. The highest BCUT2D eigenvalue weighted by Gasteiger charge is 2.62. The minimum atomic E-state index is -4.62. The van der Waals surface area contributed by atoms with Gasteiger partial charge in [-0.2, -0.15) is 13.2 Å². The average molecular weight is 417 g/mol. The first-order valence-corrected chi connectivity index (χ1v) is 9.20. The predicted octanol–water partition coefficient (Wildman–Crippen LogP) is 3.04. The monoisotopic (exact) mass is 417 g/mol. The largest absolute Gasteiger partial charge is 0.418 e. The van der Waals surface area contributed by atoms with Gasteiger partial charge in [-0.05, 0) is 39.8 Å². The number of anilines is 1. The van der Waals surface area contributed by atoms with Gasteiger partial charge in [-0.25, -0.2) is 0 Å². The molecule has 5 atom stereocenters. The molecular formula is C19H22F3NO6. The molecule has 3 aliphatic rings. The van der Waals surface area contributed by atoms with Crippen LogP contribution in [0.25, 0.3) is 0 Å². The number of halogens is 3. The van der Waals surface area contributed by atoms with Crippen molar-refractivity contribution in [3.63, 3.8) is 0 Å². The third-order valence-electron chi connectivity index (χ3n) is 4.90. The lowest BCUT2D eigenvalue weighted by atomic mass is 9.98. The van der Waals surface area contributed by atoms with E-state index in [-0.39, 0.29) is 5.69 Å². The molecule has 1 N–H and O–H groups in total. The average Bonchev–Trinajstić information content (AvgIpc) is 3.07. The van der Waals surface area contributed by atoms with Gasteiger partial charge in [-0.3, -0.25) is 4.79 Å². The maximum atomic E-state index is 13.3. The van der Waals surface area contributed by atoms with E-state index < -0.39 is 59.9 Å². The number of para-hydroxylation sites is 1. The molecule has 3 saturated heterocycles. The number of hydrogen-bond donors (Lipinski definition) is 1. The van der Waals surface area contributed by atoms with E-state index in [1.165, 1.54) is 18.2 Å². The van der Waals surface area contributed by atoms with Crippen LogP contribution in [0.2, 0.25) is 0 Å². The number of fused-ring (bicyclic) bond motifs is 3. The van der Waals surface area contributed by atoms with E-state index in [0.717, 1.165) is 6.07 Å². The van der Waals surface area contributed by atoms with Gasteiger partial charge in [-0.15, -0.1) is 0 Å². The molecule has 1 amide bonds. The first-order valence-electron chi connectivity index (χ1n) is 9.20. The number of hydrogen-bond acceptors (Lipinski definition) is 6. The van der Waals surface area contributed by atoms with Crippen LogP contribution in [0, 0.1) is 0 Å². The number of carbonyl (C=O) groups excluding carboxylic acids is 1. The number of benzene rings is 1. The summed E-state index contributed by atoms with van der Waals surface area (Å²) >= 11 is 0. The van der Waals surface area contributed by atoms with Gasteiger partial charge in [0.25, 0.3) is 5.91 Å². The van der Waals surface area contributed by atoms with E-state index in [9.17, 15) is 18.0 Å². The highest BCUT2D eigenvalue weighted by atomic mass is 19.4. The molecule has 3 heterocycles. The fourth-order valence-electron chi connectivity index (χ4n) is 3.87. The van der Waals surface area contributed by atoms with Crippen molar-refractivity contribution in [3.8, 4) is 0 Å². The Morgan fingerprint density at radius 2 is 1.52 bits per heavy atom. The van der Waals surface area contributed by atoms with Gasteiger partial charge in [0.05, 0.1) is 11.3 Å². The van der Waals surface area contributed by atoms with Crippen molar-refractivity contribution in [2.75, 3.05) is 5.32 Å².